The Hall–Kier alpha value is -1.17. The molecule has 0 saturated carbocycles. The number of pyridine rings is 1. The van der Waals surface area contributed by atoms with Gasteiger partial charge >= 0.3 is 0 Å². The molecule has 2 N–H and O–H groups in total. The summed E-state index contributed by atoms with van der Waals surface area (Å²) >= 11 is 0. The van der Waals surface area contributed by atoms with E-state index in [0.717, 1.165) is 63.7 Å². The van der Waals surface area contributed by atoms with Gasteiger partial charge in [0.15, 0.2) is 0 Å². The van der Waals surface area contributed by atoms with Crippen LogP contribution < -0.4 is 5.32 Å². The molecule has 1 aromatic rings. The van der Waals surface area contributed by atoms with Gasteiger partial charge in [0.05, 0.1) is 12.3 Å². The molecule has 5 heteroatoms. The van der Waals surface area contributed by atoms with Gasteiger partial charge in [-0.2, -0.15) is 0 Å². The molecule has 5 nitrogen and oxygen atoms in total. The molecule has 0 radical (unpaired) electrons. The predicted octanol–water partition coefficient (Wildman–Crippen LogP) is 1.01. The van der Waals surface area contributed by atoms with Gasteiger partial charge in [0, 0.05) is 45.8 Å². The van der Waals surface area contributed by atoms with E-state index in [0.29, 0.717) is 0 Å². The maximum absolute atomic E-state index is 8.95. The lowest BCUT2D eigenvalue weighted by molar-refractivity contribution is 0.108. The van der Waals surface area contributed by atoms with Crippen LogP contribution in [-0.4, -0.2) is 65.8 Å². The van der Waals surface area contributed by atoms with E-state index in [9.17, 15) is 0 Å². The van der Waals surface area contributed by atoms with Crippen LogP contribution in [0.4, 0.5) is 5.82 Å². The van der Waals surface area contributed by atoms with Gasteiger partial charge < -0.3 is 10.4 Å². The van der Waals surface area contributed by atoms with Crippen LogP contribution in [0.2, 0.25) is 0 Å². The molecule has 20 heavy (non-hydrogen) atoms. The Kier molecular flexibility index (Phi) is 6.24. The Balaban J connectivity index is 1.81. The molecule has 0 unspecified atom stereocenters. The van der Waals surface area contributed by atoms with Crippen molar-refractivity contribution >= 4 is 5.82 Å². The van der Waals surface area contributed by atoms with Crippen LogP contribution in [-0.2, 0) is 6.54 Å². The average molecular weight is 278 g/mol. The topological polar surface area (TPSA) is 51.6 Å². The van der Waals surface area contributed by atoms with Crippen LogP contribution in [0.3, 0.4) is 0 Å². The first-order valence-electron chi connectivity index (χ1n) is 7.57. The largest absolute Gasteiger partial charge is 0.395 e. The number of β-amino-alcohol motifs (C(OH)–C–C–N with tert-alkyl or cyclic N) is 1. The van der Waals surface area contributed by atoms with E-state index in [4.69, 9.17) is 5.11 Å². The normalized spacial score (nSPS) is 17.3. The van der Waals surface area contributed by atoms with E-state index in [2.05, 4.69) is 39.2 Å². The molecule has 1 aromatic heterocycles. The zero-order valence-corrected chi connectivity index (χ0v) is 12.4. The van der Waals surface area contributed by atoms with E-state index in [1.54, 1.807) is 0 Å². The van der Waals surface area contributed by atoms with E-state index < -0.39 is 0 Å². The van der Waals surface area contributed by atoms with Gasteiger partial charge in [0.25, 0.3) is 0 Å². The monoisotopic (exact) mass is 278 g/mol. The number of aliphatic hydroxyl groups is 1. The Labute approximate surface area is 121 Å². The molecule has 112 valence electrons. The predicted molar refractivity (Wildman–Crippen MR) is 81.8 cm³/mol. The number of aliphatic hydroxyl groups excluding tert-OH is 1. The quantitative estimate of drug-likeness (QED) is 0.780. The summed E-state index contributed by atoms with van der Waals surface area (Å²) in [5.41, 5.74) is 1.13. The maximum atomic E-state index is 8.95. The van der Waals surface area contributed by atoms with Gasteiger partial charge in [-0.3, -0.25) is 9.80 Å². The van der Waals surface area contributed by atoms with Gasteiger partial charge in [-0.05, 0) is 18.6 Å². The Morgan fingerprint density at radius 2 is 1.95 bits per heavy atom. The molecule has 0 atom stereocenters. The van der Waals surface area contributed by atoms with Crippen molar-refractivity contribution < 1.29 is 5.11 Å². The summed E-state index contributed by atoms with van der Waals surface area (Å²) in [7, 11) is 0. The van der Waals surface area contributed by atoms with Crippen molar-refractivity contribution in [1.82, 2.24) is 14.8 Å². The highest BCUT2D eigenvalue weighted by Gasteiger charge is 2.16. The lowest BCUT2D eigenvalue weighted by Gasteiger charge is -2.34. The summed E-state index contributed by atoms with van der Waals surface area (Å²) in [6.07, 6.45) is 1.11. The fraction of sp³-hybridized carbons (Fsp3) is 0.667. The van der Waals surface area contributed by atoms with Crippen molar-refractivity contribution in [3.05, 3.63) is 23.9 Å². The van der Waals surface area contributed by atoms with Crippen molar-refractivity contribution in [3.63, 3.8) is 0 Å². The standard InChI is InChI=1S/C15H26N4O/c1-2-6-16-15-5-3-4-14(17-15)13-19-9-7-18(8-10-19)11-12-20/h3-5,20H,2,6-13H2,1H3,(H,16,17). The summed E-state index contributed by atoms with van der Waals surface area (Å²) in [6.45, 7) is 9.26. The molecule has 1 fully saturated rings. The Morgan fingerprint density at radius 1 is 1.20 bits per heavy atom. The summed E-state index contributed by atoms with van der Waals surface area (Å²) in [6, 6.07) is 6.19. The Bertz CT molecular complexity index is 391. The lowest BCUT2D eigenvalue weighted by Crippen LogP contribution is -2.46. The van der Waals surface area contributed by atoms with Crippen molar-refractivity contribution in [2.45, 2.75) is 19.9 Å². The third-order valence-electron chi connectivity index (χ3n) is 3.63. The van der Waals surface area contributed by atoms with Crippen LogP contribution >= 0.6 is 0 Å². The van der Waals surface area contributed by atoms with Gasteiger partial charge in [-0.15, -0.1) is 0 Å². The molecule has 1 saturated heterocycles. The fourth-order valence-electron chi connectivity index (χ4n) is 2.46. The summed E-state index contributed by atoms with van der Waals surface area (Å²) < 4.78 is 0. The van der Waals surface area contributed by atoms with Gasteiger partial charge in [0.2, 0.25) is 0 Å². The van der Waals surface area contributed by atoms with Gasteiger partial charge in [0.1, 0.15) is 5.82 Å². The van der Waals surface area contributed by atoms with E-state index >= 15 is 0 Å². The number of aromatic nitrogens is 1. The van der Waals surface area contributed by atoms with Crippen LogP contribution in [0.25, 0.3) is 0 Å². The van der Waals surface area contributed by atoms with Crippen molar-refractivity contribution in [2.24, 2.45) is 0 Å². The van der Waals surface area contributed by atoms with E-state index in [-0.39, 0.29) is 6.61 Å². The molecule has 0 aromatic carbocycles. The van der Waals surface area contributed by atoms with Gasteiger partial charge in [-0.25, -0.2) is 4.98 Å². The van der Waals surface area contributed by atoms with Crippen molar-refractivity contribution in [2.75, 3.05) is 51.2 Å². The zero-order chi connectivity index (χ0) is 14.2. The summed E-state index contributed by atoms with van der Waals surface area (Å²) in [4.78, 5) is 9.39. The number of hydrogen-bond donors (Lipinski definition) is 2. The average Bonchev–Trinajstić information content (AvgIpc) is 2.48. The van der Waals surface area contributed by atoms with Crippen LogP contribution in [0, 0.1) is 0 Å². The van der Waals surface area contributed by atoms with Crippen LogP contribution in [0.15, 0.2) is 18.2 Å². The molecule has 2 heterocycles. The second kappa shape index (κ2) is 8.19. The van der Waals surface area contributed by atoms with Crippen LogP contribution in [0.1, 0.15) is 19.0 Å². The summed E-state index contributed by atoms with van der Waals surface area (Å²) in [5, 5.41) is 12.3. The third-order valence-corrected chi connectivity index (χ3v) is 3.63. The lowest BCUT2D eigenvalue weighted by atomic mass is 10.2. The zero-order valence-electron chi connectivity index (χ0n) is 12.4. The SMILES string of the molecule is CCCNc1cccc(CN2CCN(CCO)CC2)n1. The molecule has 0 aliphatic carbocycles. The molecule has 2 rings (SSSR count). The molecule has 1 aliphatic rings. The number of nitrogens with one attached hydrogen (secondary N) is 1. The number of piperazine rings is 1. The third kappa shape index (κ3) is 4.74. The second-order valence-electron chi connectivity index (χ2n) is 5.28. The maximum Gasteiger partial charge on any atom is 0.126 e. The first-order chi connectivity index (χ1) is 9.81. The number of nitrogens with zero attached hydrogens (tertiary/aromatic N) is 3. The molecule has 1 aliphatic heterocycles. The minimum Gasteiger partial charge on any atom is -0.395 e. The van der Waals surface area contributed by atoms with E-state index in [1.165, 1.54) is 0 Å². The fourth-order valence-corrected chi connectivity index (χ4v) is 2.46. The first kappa shape index (κ1) is 15.2. The minimum absolute atomic E-state index is 0.257. The number of rotatable bonds is 7. The smallest absolute Gasteiger partial charge is 0.126 e. The number of anilines is 1. The summed E-state index contributed by atoms with van der Waals surface area (Å²) in [5.74, 6) is 0.975. The van der Waals surface area contributed by atoms with E-state index in [1.807, 2.05) is 6.07 Å². The number of hydrogen-bond acceptors (Lipinski definition) is 5. The van der Waals surface area contributed by atoms with Crippen molar-refractivity contribution in [3.8, 4) is 0 Å². The van der Waals surface area contributed by atoms with Crippen LogP contribution in [0.5, 0.6) is 0 Å². The Morgan fingerprint density at radius 3 is 2.65 bits per heavy atom. The van der Waals surface area contributed by atoms with Crippen molar-refractivity contribution in [1.29, 1.82) is 0 Å². The second-order valence-corrected chi connectivity index (χ2v) is 5.28. The molecule has 0 bridgehead atoms. The van der Waals surface area contributed by atoms with Gasteiger partial charge in [-0.1, -0.05) is 13.0 Å². The minimum atomic E-state index is 0.257. The highest BCUT2D eigenvalue weighted by Crippen LogP contribution is 2.10. The molecule has 0 amide bonds. The highest BCUT2D eigenvalue weighted by atomic mass is 16.3. The molecular weight excluding hydrogens is 252 g/mol. The molecular formula is C15H26N4O. The highest BCUT2D eigenvalue weighted by molar-refractivity contribution is 5.35. The molecule has 0 spiro atoms. The first-order valence-corrected chi connectivity index (χ1v) is 7.57.